The van der Waals surface area contributed by atoms with Gasteiger partial charge < -0.3 is 14.2 Å². The second-order valence-electron chi connectivity index (χ2n) is 16.6. The van der Waals surface area contributed by atoms with Crippen molar-refractivity contribution >= 4 is 17.9 Å². The van der Waals surface area contributed by atoms with Gasteiger partial charge in [-0.1, -0.05) is 208 Å². The molecule has 0 N–H and O–H groups in total. The van der Waals surface area contributed by atoms with Crippen LogP contribution in [0.1, 0.15) is 247 Å². The van der Waals surface area contributed by atoms with E-state index in [0.29, 0.717) is 19.3 Å². The Bertz CT molecular complexity index is 794. The molecule has 0 aliphatic heterocycles. The molecule has 0 bridgehead atoms. The van der Waals surface area contributed by atoms with Gasteiger partial charge in [0.1, 0.15) is 13.2 Å². The highest BCUT2D eigenvalue weighted by Gasteiger charge is 2.19. The second kappa shape index (κ2) is 39.1. The predicted octanol–water partition coefficient (Wildman–Crippen LogP) is 14.2. The highest BCUT2D eigenvalue weighted by Crippen LogP contribution is 2.16. The third kappa shape index (κ3) is 39.6. The molecule has 0 saturated heterocycles. The third-order valence-corrected chi connectivity index (χ3v) is 10.2. The van der Waals surface area contributed by atoms with Crippen LogP contribution in [0.15, 0.2) is 0 Å². The van der Waals surface area contributed by atoms with Gasteiger partial charge in [0.25, 0.3) is 0 Å². The summed E-state index contributed by atoms with van der Waals surface area (Å²) in [7, 11) is 0. The minimum atomic E-state index is -0.759. The summed E-state index contributed by atoms with van der Waals surface area (Å²) < 4.78 is 16.7. The summed E-state index contributed by atoms with van der Waals surface area (Å²) in [4.78, 5) is 37.6. The zero-order valence-corrected chi connectivity index (χ0v) is 35.4. The lowest BCUT2D eigenvalue weighted by Crippen LogP contribution is -2.30. The molecule has 0 aromatic carbocycles. The minimum Gasteiger partial charge on any atom is -0.462 e. The maximum atomic E-state index is 12.7. The van der Waals surface area contributed by atoms with Crippen molar-refractivity contribution < 1.29 is 28.6 Å². The van der Waals surface area contributed by atoms with Crippen molar-refractivity contribution in [1.29, 1.82) is 0 Å². The first-order chi connectivity index (χ1) is 25.2. The number of hydrogen-bond donors (Lipinski definition) is 0. The van der Waals surface area contributed by atoms with Crippen LogP contribution >= 0.6 is 0 Å². The SMILES string of the molecule is CCCCCCCCCCCC(=O)O[C@@H](COC(=O)CCCCCCCCCCCCCC(C)C)COC(=O)CCCCCCCCCCC(C)C. The van der Waals surface area contributed by atoms with Crippen LogP contribution in [0.5, 0.6) is 0 Å². The van der Waals surface area contributed by atoms with Gasteiger partial charge in [-0.05, 0) is 31.1 Å². The summed E-state index contributed by atoms with van der Waals surface area (Å²) >= 11 is 0. The summed E-state index contributed by atoms with van der Waals surface area (Å²) in [6.07, 6.45) is 36.6. The van der Waals surface area contributed by atoms with E-state index in [2.05, 4.69) is 34.6 Å². The van der Waals surface area contributed by atoms with Gasteiger partial charge in [-0.3, -0.25) is 14.4 Å². The van der Waals surface area contributed by atoms with Crippen molar-refractivity contribution in [2.75, 3.05) is 13.2 Å². The zero-order valence-electron chi connectivity index (χ0n) is 35.4. The lowest BCUT2D eigenvalue weighted by Gasteiger charge is -2.18. The van der Waals surface area contributed by atoms with Gasteiger partial charge in [-0.15, -0.1) is 0 Å². The maximum absolute atomic E-state index is 12.7. The van der Waals surface area contributed by atoms with Gasteiger partial charge in [0.2, 0.25) is 0 Å². The van der Waals surface area contributed by atoms with E-state index in [4.69, 9.17) is 14.2 Å². The van der Waals surface area contributed by atoms with Crippen LogP contribution in [0.4, 0.5) is 0 Å². The fourth-order valence-electron chi connectivity index (χ4n) is 6.75. The molecule has 0 radical (unpaired) electrons. The molecule has 0 aromatic rings. The van der Waals surface area contributed by atoms with E-state index in [1.54, 1.807) is 0 Å². The zero-order chi connectivity index (χ0) is 38.3. The van der Waals surface area contributed by atoms with Gasteiger partial charge in [0.15, 0.2) is 6.10 Å². The van der Waals surface area contributed by atoms with Crippen molar-refractivity contribution in [3.05, 3.63) is 0 Å². The van der Waals surface area contributed by atoms with Crippen molar-refractivity contribution in [2.24, 2.45) is 11.8 Å². The van der Waals surface area contributed by atoms with E-state index >= 15 is 0 Å². The molecule has 0 fully saturated rings. The summed E-state index contributed by atoms with van der Waals surface area (Å²) in [5.41, 5.74) is 0. The molecule has 52 heavy (non-hydrogen) atoms. The molecular formula is C46H88O6. The van der Waals surface area contributed by atoms with Crippen LogP contribution in [0.2, 0.25) is 0 Å². The Hall–Kier alpha value is -1.59. The lowest BCUT2D eigenvalue weighted by atomic mass is 10.0. The Balaban J connectivity index is 4.30. The van der Waals surface area contributed by atoms with Crippen molar-refractivity contribution in [2.45, 2.75) is 253 Å². The van der Waals surface area contributed by atoms with E-state index < -0.39 is 6.10 Å². The topological polar surface area (TPSA) is 78.9 Å². The van der Waals surface area contributed by atoms with E-state index in [-0.39, 0.29) is 31.1 Å². The highest BCUT2D eigenvalue weighted by atomic mass is 16.6. The second-order valence-corrected chi connectivity index (χ2v) is 16.6. The molecule has 0 saturated carbocycles. The molecule has 6 heteroatoms. The first-order valence-electron chi connectivity index (χ1n) is 22.7. The summed E-state index contributed by atoms with van der Waals surface area (Å²) in [6, 6.07) is 0. The standard InChI is InChI=1S/C46H88O6/c1-6-7-8-9-10-14-23-28-33-38-46(49)52-43(40-51-45(48)37-32-27-22-18-17-20-25-30-35-42(4)5)39-50-44(47)36-31-26-21-16-13-11-12-15-19-24-29-34-41(2)3/h41-43H,6-40H2,1-5H3/t43-/m0/s1. The van der Waals surface area contributed by atoms with Crippen LogP contribution in [0.3, 0.4) is 0 Å². The van der Waals surface area contributed by atoms with Crippen LogP contribution in [0, 0.1) is 11.8 Å². The molecule has 0 aliphatic carbocycles. The fourth-order valence-corrected chi connectivity index (χ4v) is 6.75. The first kappa shape index (κ1) is 50.4. The minimum absolute atomic E-state index is 0.0652. The molecule has 0 heterocycles. The number of esters is 3. The van der Waals surface area contributed by atoms with Crippen LogP contribution < -0.4 is 0 Å². The van der Waals surface area contributed by atoms with Gasteiger partial charge >= 0.3 is 17.9 Å². The largest absolute Gasteiger partial charge is 0.462 e. The van der Waals surface area contributed by atoms with Gasteiger partial charge in [-0.2, -0.15) is 0 Å². The number of ether oxygens (including phenoxy) is 3. The average molecular weight is 737 g/mol. The van der Waals surface area contributed by atoms with Crippen LogP contribution in [-0.2, 0) is 28.6 Å². The first-order valence-corrected chi connectivity index (χ1v) is 22.7. The number of rotatable bonds is 40. The molecule has 308 valence electrons. The van der Waals surface area contributed by atoms with Gasteiger partial charge in [0.05, 0.1) is 0 Å². The Kier molecular flexibility index (Phi) is 37.9. The van der Waals surface area contributed by atoms with Gasteiger partial charge in [-0.25, -0.2) is 0 Å². The van der Waals surface area contributed by atoms with Crippen molar-refractivity contribution in [3.63, 3.8) is 0 Å². The van der Waals surface area contributed by atoms with Crippen molar-refractivity contribution in [3.8, 4) is 0 Å². The van der Waals surface area contributed by atoms with E-state index in [9.17, 15) is 14.4 Å². The quantitative estimate of drug-likeness (QED) is 0.0354. The monoisotopic (exact) mass is 737 g/mol. The highest BCUT2D eigenvalue weighted by molar-refractivity contribution is 5.71. The fraction of sp³-hybridized carbons (Fsp3) is 0.935. The Labute approximate surface area is 323 Å². The summed E-state index contributed by atoms with van der Waals surface area (Å²) in [6.45, 7) is 11.3. The Morgan fingerprint density at radius 1 is 0.365 bits per heavy atom. The maximum Gasteiger partial charge on any atom is 0.306 e. The number of unbranched alkanes of at least 4 members (excludes halogenated alkanes) is 25. The summed E-state index contributed by atoms with van der Waals surface area (Å²) in [5.74, 6) is 0.762. The number of hydrogen-bond acceptors (Lipinski definition) is 6. The molecular weight excluding hydrogens is 649 g/mol. The third-order valence-electron chi connectivity index (χ3n) is 10.2. The van der Waals surface area contributed by atoms with Crippen LogP contribution in [0.25, 0.3) is 0 Å². The predicted molar refractivity (Wildman–Crippen MR) is 220 cm³/mol. The molecule has 1 atom stereocenters. The average Bonchev–Trinajstić information content (AvgIpc) is 3.11. The molecule has 0 aromatic heterocycles. The molecule has 0 amide bonds. The van der Waals surface area contributed by atoms with Gasteiger partial charge in [0, 0.05) is 19.3 Å². The molecule has 0 rings (SSSR count). The smallest absolute Gasteiger partial charge is 0.306 e. The van der Waals surface area contributed by atoms with E-state index in [1.807, 2.05) is 0 Å². The molecule has 6 nitrogen and oxygen atoms in total. The normalized spacial score (nSPS) is 12.1. The molecule has 0 spiro atoms. The number of carbonyl (C=O) groups excluding carboxylic acids is 3. The lowest BCUT2D eigenvalue weighted by molar-refractivity contribution is -0.167. The molecule has 0 aliphatic rings. The molecule has 0 unspecified atom stereocenters. The summed E-state index contributed by atoms with van der Waals surface area (Å²) in [5, 5.41) is 0. The van der Waals surface area contributed by atoms with Crippen molar-refractivity contribution in [1.82, 2.24) is 0 Å². The van der Waals surface area contributed by atoms with Crippen LogP contribution in [-0.4, -0.2) is 37.2 Å². The van der Waals surface area contributed by atoms with E-state index in [0.717, 1.165) is 69.6 Å². The number of carbonyl (C=O) groups is 3. The Morgan fingerprint density at radius 2 is 0.635 bits per heavy atom. The van der Waals surface area contributed by atoms with E-state index in [1.165, 1.54) is 135 Å². The Morgan fingerprint density at radius 3 is 0.942 bits per heavy atom.